The van der Waals surface area contributed by atoms with Crippen LogP contribution < -0.4 is 4.90 Å². The number of aliphatic carboxylic acids is 1. The molecule has 0 aromatic heterocycles. The van der Waals surface area contributed by atoms with Gasteiger partial charge in [-0.05, 0) is 23.6 Å². The van der Waals surface area contributed by atoms with Crippen LogP contribution in [0.5, 0.6) is 0 Å². The van der Waals surface area contributed by atoms with E-state index in [1.807, 2.05) is 17.0 Å². The molecule has 0 saturated carbocycles. The fourth-order valence-electron chi connectivity index (χ4n) is 1.71. The van der Waals surface area contributed by atoms with E-state index in [1.54, 1.807) is 0 Å². The smallest absolute Gasteiger partial charge is 0.305 e. The fourth-order valence-corrected chi connectivity index (χ4v) is 1.71. The third-order valence-electron chi connectivity index (χ3n) is 2.80. The van der Waals surface area contributed by atoms with Crippen molar-refractivity contribution in [1.29, 1.82) is 0 Å². The summed E-state index contributed by atoms with van der Waals surface area (Å²) in [4.78, 5) is 12.5. The Morgan fingerprint density at radius 2 is 2.00 bits per heavy atom. The molecule has 3 heteroatoms. The predicted molar refractivity (Wildman–Crippen MR) is 73.8 cm³/mol. The second-order valence-electron chi connectivity index (χ2n) is 4.52. The number of carboxylic acid groups (broad SMARTS) is 1. The van der Waals surface area contributed by atoms with Gasteiger partial charge >= 0.3 is 5.97 Å². The molecule has 0 fully saturated rings. The molecule has 0 saturated heterocycles. The summed E-state index contributed by atoms with van der Waals surface area (Å²) in [5.74, 6) is 2.24. The standard InChI is InChI=1S/C15H19NO2/c1-4-10-16(11-9-15(17)18)14-7-5-13(6-8-14)12(2)3/h1,5-8,12H,9-11H2,2-3H3,(H,17,18). The van der Waals surface area contributed by atoms with Gasteiger partial charge in [0.05, 0.1) is 13.0 Å². The van der Waals surface area contributed by atoms with Gasteiger partial charge in [0.15, 0.2) is 0 Å². The molecule has 0 spiro atoms. The Kier molecular flexibility index (Phi) is 5.26. The third kappa shape index (κ3) is 4.14. The van der Waals surface area contributed by atoms with E-state index in [0.29, 0.717) is 19.0 Å². The van der Waals surface area contributed by atoms with Gasteiger partial charge in [-0.1, -0.05) is 31.9 Å². The maximum absolute atomic E-state index is 10.6. The van der Waals surface area contributed by atoms with Crippen molar-refractivity contribution in [3.63, 3.8) is 0 Å². The van der Waals surface area contributed by atoms with Crippen LogP contribution in [0.3, 0.4) is 0 Å². The average Bonchev–Trinajstić information content (AvgIpc) is 2.34. The van der Waals surface area contributed by atoms with Crippen molar-refractivity contribution in [2.24, 2.45) is 0 Å². The molecule has 0 bridgehead atoms. The first-order valence-corrected chi connectivity index (χ1v) is 6.04. The molecular formula is C15H19NO2. The van der Waals surface area contributed by atoms with Gasteiger partial charge in [-0.15, -0.1) is 6.42 Å². The molecule has 1 aromatic rings. The zero-order chi connectivity index (χ0) is 13.5. The van der Waals surface area contributed by atoms with Crippen LogP contribution in [-0.4, -0.2) is 24.2 Å². The Bertz CT molecular complexity index is 429. The summed E-state index contributed by atoms with van der Waals surface area (Å²) in [5.41, 5.74) is 2.23. The van der Waals surface area contributed by atoms with Gasteiger partial charge in [0.25, 0.3) is 0 Å². The minimum Gasteiger partial charge on any atom is -0.481 e. The van der Waals surface area contributed by atoms with E-state index in [1.165, 1.54) is 5.56 Å². The van der Waals surface area contributed by atoms with Crippen molar-refractivity contribution in [2.75, 3.05) is 18.0 Å². The van der Waals surface area contributed by atoms with Gasteiger partial charge in [-0.3, -0.25) is 4.79 Å². The molecule has 0 amide bonds. The summed E-state index contributed by atoms with van der Waals surface area (Å²) < 4.78 is 0. The Hall–Kier alpha value is -1.95. The number of benzene rings is 1. The lowest BCUT2D eigenvalue weighted by molar-refractivity contribution is -0.136. The van der Waals surface area contributed by atoms with Crippen LogP contribution in [0.25, 0.3) is 0 Å². The highest BCUT2D eigenvalue weighted by molar-refractivity contribution is 5.67. The molecular weight excluding hydrogens is 226 g/mol. The SMILES string of the molecule is C#CCN(CCC(=O)O)c1ccc(C(C)C)cc1. The summed E-state index contributed by atoms with van der Waals surface area (Å²) in [5, 5.41) is 8.72. The second kappa shape index (κ2) is 6.70. The summed E-state index contributed by atoms with van der Waals surface area (Å²) in [6, 6.07) is 8.11. The Labute approximate surface area is 108 Å². The van der Waals surface area contributed by atoms with Gasteiger partial charge in [0.2, 0.25) is 0 Å². The first kappa shape index (κ1) is 14.1. The number of hydrogen-bond acceptors (Lipinski definition) is 2. The van der Waals surface area contributed by atoms with E-state index in [4.69, 9.17) is 11.5 Å². The Morgan fingerprint density at radius 1 is 1.39 bits per heavy atom. The number of carboxylic acids is 1. The van der Waals surface area contributed by atoms with Crippen LogP contribution in [0.2, 0.25) is 0 Å². The number of nitrogens with zero attached hydrogens (tertiary/aromatic N) is 1. The fraction of sp³-hybridized carbons (Fsp3) is 0.400. The van der Waals surface area contributed by atoms with Crippen LogP contribution in [0, 0.1) is 12.3 Å². The number of carbonyl (C=O) groups is 1. The second-order valence-corrected chi connectivity index (χ2v) is 4.52. The van der Waals surface area contributed by atoms with Crippen molar-refractivity contribution in [3.05, 3.63) is 29.8 Å². The molecule has 0 heterocycles. The first-order valence-electron chi connectivity index (χ1n) is 6.04. The van der Waals surface area contributed by atoms with Crippen molar-refractivity contribution in [3.8, 4) is 12.3 Å². The van der Waals surface area contributed by atoms with E-state index in [2.05, 4.69) is 31.9 Å². The number of hydrogen-bond donors (Lipinski definition) is 1. The topological polar surface area (TPSA) is 40.5 Å². The molecule has 0 aliphatic carbocycles. The third-order valence-corrected chi connectivity index (χ3v) is 2.80. The normalized spacial score (nSPS) is 10.1. The largest absolute Gasteiger partial charge is 0.481 e. The Balaban J connectivity index is 2.79. The van der Waals surface area contributed by atoms with Gasteiger partial charge in [0.1, 0.15) is 0 Å². The monoisotopic (exact) mass is 245 g/mol. The summed E-state index contributed by atoms with van der Waals surface area (Å²) in [6.45, 7) is 5.13. The Morgan fingerprint density at radius 3 is 2.44 bits per heavy atom. The van der Waals surface area contributed by atoms with Crippen LogP contribution in [0.15, 0.2) is 24.3 Å². The number of terminal acetylenes is 1. The summed E-state index contributed by atoms with van der Waals surface area (Å²) in [7, 11) is 0. The van der Waals surface area contributed by atoms with E-state index in [0.717, 1.165) is 5.69 Å². The summed E-state index contributed by atoms with van der Waals surface area (Å²) in [6.07, 6.45) is 5.40. The van der Waals surface area contributed by atoms with Crippen LogP contribution in [-0.2, 0) is 4.79 Å². The highest BCUT2D eigenvalue weighted by Gasteiger charge is 2.08. The van der Waals surface area contributed by atoms with Crippen LogP contribution in [0.1, 0.15) is 31.7 Å². The van der Waals surface area contributed by atoms with Gasteiger partial charge in [0, 0.05) is 12.2 Å². The van der Waals surface area contributed by atoms with Crippen molar-refractivity contribution in [2.45, 2.75) is 26.2 Å². The predicted octanol–water partition coefficient (Wildman–Crippen LogP) is 2.72. The van der Waals surface area contributed by atoms with Gasteiger partial charge < -0.3 is 10.0 Å². The highest BCUT2D eigenvalue weighted by Crippen LogP contribution is 2.20. The van der Waals surface area contributed by atoms with Gasteiger partial charge in [-0.25, -0.2) is 0 Å². The summed E-state index contributed by atoms with van der Waals surface area (Å²) >= 11 is 0. The van der Waals surface area contributed by atoms with Crippen molar-refractivity contribution in [1.82, 2.24) is 0 Å². The zero-order valence-corrected chi connectivity index (χ0v) is 10.9. The molecule has 18 heavy (non-hydrogen) atoms. The molecule has 0 unspecified atom stereocenters. The molecule has 0 radical (unpaired) electrons. The molecule has 96 valence electrons. The molecule has 1 N–H and O–H groups in total. The number of rotatable bonds is 6. The molecule has 0 aliphatic heterocycles. The van der Waals surface area contributed by atoms with E-state index >= 15 is 0 Å². The molecule has 3 nitrogen and oxygen atoms in total. The highest BCUT2D eigenvalue weighted by atomic mass is 16.4. The van der Waals surface area contributed by atoms with Crippen molar-refractivity contribution >= 4 is 11.7 Å². The lowest BCUT2D eigenvalue weighted by atomic mass is 10.0. The van der Waals surface area contributed by atoms with E-state index < -0.39 is 5.97 Å². The molecule has 1 aromatic carbocycles. The van der Waals surface area contributed by atoms with Crippen LogP contribution in [0.4, 0.5) is 5.69 Å². The quantitative estimate of drug-likeness (QED) is 0.783. The lowest BCUT2D eigenvalue weighted by Gasteiger charge is -2.22. The molecule has 0 aliphatic rings. The van der Waals surface area contributed by atoms with Gasteiger partial charge in [-0.2, -0.15) is 0 Å². The first-order chi connectivity index (χ1) is 8.54. The van der Waals surface area contributed by atoms with E-state index in [-0.39, 0.29) is 6.42 Å². The average molecular weight is 245 g/mol. The maximum Gasteiger partial charge on any atom is 0.305 e. The number of anilines is 1. The molecule has 0 atom stereocenters. The minimum absolute atomic E-state index is 0.0909. The zero-order valence-electron chi connectivity index (χ0n) is 10.9. The van der Waals surface area contributed by atoms with Crippen molar-refractivity contribution < 1.29 is 9.90 Å². The maximum atomic E-state index is 10.6. The lowest BCUT2D eigenvalue weighted by Crippen LogP contribution is -2.26. The minimum atomic E-state index is -0.809. The van der Waals surface area contributed by atoms with E-state index in [9.17, 15) is 4.79 Å². The van der Waals surface area contributed by atoms with Crippen LogP contribution >= 0.6 is 0 Å². The molecule has 1 rings (SSSR count).